The van der Waals surface area contributed by atoms with E-state index in [1.165, 1.54) is 5.56 Å². The molecule has 2 aromatic carbocycles. The molecule has 0 unspecified atom stereocenters. The van der Waals surface area contributed by atoms with Crippen molar-refractivity contribution in [3.05, 3.63) is 64.1 Å². The molecule has 1 amide bonds. The smallest absolute Gasteiger partial charge is 0.235 e. The summed E-state index contributed by atoms with van der Waals surface area (Å²) in [6.45, 7) is 4.52. The van der Waals surface area contributed by atoms with Gasteiger partial charge < -0.3 is 10.1 Å². The Labute approximate surface area is 175 Å². The Bertz CT molecular complexity index is 792. The third-order valence-electron chi connectivity index (χ3n) is 6.01. The van der Waals surface area contributed by atoms with Gasteiger partial charge in [0.1, 0.15) is 0 Å². The highest BCUT2D eigenvalue weighted by Crippen LogP contribution is 2.42. The van der Waals surface area contributed by atoms with Crippen molar-refractivity contribution in [2.75, 3.05) is 31.6 Å². The first kappa shape index (κ1) is 19.6. The molecule has 1 aliphatic heterocycles. The summed E-state index contributed by atoms with van der Waals surface area (Å²) in [4.78, 5) is 15.7. The zero-order valence-electron chi connectivity index (χ0n) is 16.1. The molecule has 1 N–H and O–H groups in total. The van der Waals surface area contributed by atoms with E-state index < -0.39 is 5.41 Å². The molecule has 1 aliphatic carbocycles. The molecule has 4 nitrogen and oxygen atoms in total. The van der Waals surface area contributed by atoms with E-state index in [1.807, 2.05) is 24.3 Å². The second-order valence-corrected chi connectivity index (χ2v) is 8.75. The number of hydrogen-bond acceptors (Lipinski definition) is 3. The molecule has 2 aromatic rings. The molecule has 4 rings (SSSR count). The molecule has 0 aromatic heterocycles. The number of nitrogens with zero attached hydrogens (tertiary/aromatic N) is 1. The fourth-order valence-electron chi connectivity index (χ4n) is 4.36. The summed E-state index contributed by atoms with van der Waals surface area (Å²) in [6, 6.07) is 16.5. The maximum absolute atomic E-state index is 13.3. The number of carbonyl (C=O) groups is 1. The van der Waals surface area contributed by atoms with Crippen LogP contribution in [0.2, 0.25) is 0 Å². The Balaban J connectivity index is 1.45. The Hall–Kier alpha value is -1.69. The van der Waals surface area contributed by atoms with Gasteiger partial charge in [0, 0.05) is 29.8 Å². The summed E-state index contributed by atoms with van der Waals surface area (Å²) < 4.78 is 6.45. The van der Waals surface area contributed by atoms with Crippen molar-refractivity contribution < 1.29 is 9.53 Å². The number of amides is 1. The third-order valence-corrected chi connectivity index (χ3v) is 6.54. The van der Waals surface area contributed by atoms with Gasteiger partial charge in [-0.25, -0.2) is 0 Å². The maximum atomic E-state index is 13.3. The zero-order chi connectivity index (χ0) is 19.4. The van der Waals surface area contributed by atoms with Gasteiger partial charge in [-0.2, -0.15) is 0 Å². The number of rotatable bonds is 5. The summed E-state index contributed by atoms with van der Waals surface area (Å²) in [5, 5.41) is 3.18. The van der Waals surface area contributed by atoms with Crippen LogP contribution in [0.4, 0.5) is 5.69 Å². The van der Waals surface area contributed by atoms with E-state index in [4.69, 9.17) is 4.74 Å². The number of anilines is 1. The standard InChI is InChI=1S/C23H27BrN2O2/c24-20-7-5-19(6-8-20)23(11-1-2-12-23)22(27)25-21-9-3-18(4-10-21)17-26-13-15-28-16-14-26/h3-10H,1-2,11-17H2,(H,25,27). The van der Waals surface area contributed by atoms with E-state index in [2.05, 4.69) is 50.4 Å². The Kier molecular flexibility index (Phi) is 6.14. The molecule has 0 atom stereocenters. The lowest BCUT2D eigenvalue weighted by molar-refractivity contribution is -0.121. The first-order valence-electron chi connectivity index (χ1n) is 10.1. The number of carbonyl (C=O) groups excluding carboxylic acids is 1. The third kappa shape index (κ3) is 4.32. The Morgan fingerprint density at radius 2 is 1.64 bits per heavy atom. The Morgan fingerprint density at radius 1 is 1.00 bits per heavy atom. The SMILES string of the molecule is O=C(Nc1ccc(CN2CCOCC2)cc1)C1(c2ccc(Br)cc2)CCCC1. The predicted molar refractivity (Wildman–Crippen MR) is 115 cm³/mol. The van der Waals surface area contributed by atoms with E-state index in [-0.39, 0.29) is 5.91 Å². The molecule has 0 spiro atoms. The van der Waals surface area contributed by atoms with Crippen molar-refractivity contribution in [1.82, 2.24) is 4.90 Å². The van der Waals surface area contributed by atoms with Crippen molar-refractivity contribution in [2.24, 2.45) is 0 Å². The van der Waals surface area contributed by atoms with Gasteiger partial charge in [0.05, 0.1) is 18.6 Å². The lowest BCUT2D eigenvalue weighted by atomic mass is 9.78. The van der Waals surface area contributed by atoms with Crippen LogP contribution < -0.4 is 5.32 Å². The summed E-state index contributed by atoms with van der Waals surface area (Å²) in [7, 11) is 0. The van der Waals surface area contributed by atoms with Gasteiger partial charge in [0.2, 0.25) is 5.91 Å². The fraction of sp³-hybridized carbons (Fsp3) is 0.435. The minimum atomic E-state index is -0.410. The first-order chi connectivity index (χ1) is 13.7. The van der Waals surface area contributed by atoms with E-state index in [9.17, 15) is 4.79 Å². The fourth-order valence-corrected chi connectivity index (χ4v) is 4.62. The summed E-state index contributed by atoms with van der Waals surface area (Å²) in [5.41, 5.74) is 2.85. The average Bonchev–Trinajstić information content (AvgIpc) is 3.22. The lowest BCUT2D eigenvalue weighted by Crippen LogP contribution is -2.38. The van der Waals surface area contributed by atoms with Crippen LogP contribution in [-0.2, 0) is 21.5 Å². The first-order valence-corrected chi connectivity index (χ1v) is 10.9. The molecule has 148 valence electrons. The van der Waals surface area contributed by atoms with Crippen LogP contribution in [0, 0.1) is 0 Å². The van der Waals surface area contributed by atoms with Gasteiger partial charge in [0.15, 0.2) is 0 Å². The molecule has 0 radical (unpaired) electrons. The van der Waals surface area contributed by atoms with Crippen LogP contribution in [0.1, 0.15) is 36.8 Å². The quantitative estimate of drug-likeness (QED) is 0.727. The molecule has 1 saturated carbocycles. The largest absolute Gasteiger partial charge is 0.379 e. The summed E-state index contributed by atoms with van der Waals surface area (Å²) in [6.07, 6.45) is 4.02. The van der Waals surface area contributed by atoms with Crippen molar-refractivity contribution in [3.8, 4) is 0 Å². The van der Waals surface area contributed by atoms with Crippen LogP contribution >= 0.6 is 15.9 Å². The number of hydrogen-bond donors (Lipinski definition) is 1. The van der Waals surface area contributed by atoms with Crippen LogP contribution in [0.3, 0.4) is 0 Å². The van der Waals surface area contributed by atoms with Crippen molar-refractivity contribution in [1.29, 1.82) is 0 Å². The van der Waals surface area contributed by atoms with Crippen LogP contribution in [-0.4, -0.2) is 37.1 Å². The maximum Gasteiger partial charge on any atom is 0.235 e. The van der Waals surface area contributed by atoms with Crippen LogP contribution in [0.5, 0.6) is 0 Å². The van der Waals surface area contributed by atoms with E-state index >= 15 is 0 Å². The number of morpholine rings is 1. The number of nitrogens with one attached hydrogen (secondary N) is 1. The highest BCUT2D eigenvalue weighted by molar-refractivity contribution is 9.10. The normalized spacial score (nSPS) is 19.5. The Morgan fingerprint density at radius 3 is 2.29 bits per heavy atom. The van der Waals surface area contributed by atoms with Gasteiger partial charge in [-0.1, -0.05) is 53.0 Å². The molecule has 5 heteroatoms. The van der Waals surface area contributed by atoms with E-state index in [0.717, 1.165) is 74.3 Å². The second kappa shape index (κ2) is 8.76. The molecule has 1 heterocycles. The van der Waals surface area contributed by atoms with Gasteiger partial charge in [0.25, 0.3) is 0 Å². The summed E-state index contributed by atoms with van der Waals surface area (Å²) >= 11 is 3.49. The highest BCUT2D eigenvalue weighted by Gasteiger charge is 2.42. The van der Waals surface area contributed by atoms with Crippen molar-refractivity contribution in [3.63, 3.8) is 0 Å². The van der Waals surface area contributed by atoms with Crippen molar-refractivity contribution >= 4 is 27.5 Å². The topological polar surface area (TPSA) is 41.6 Å². The molecule has 2 fully saturated rings. The van der Waals surface area contributed by atoms with Crippen LogP contribution in [0.15, 0.2) is 53.0 Å². The van der Waals surface area contributed by atoms with E-state index in [1.54, 1.807) is 0 Å². The molecular weight excluding hydrogens is 416 g/mol. The van der Waals surface area contributed by atoms with Gasteiger partial charge >= 0.3 is 0 Å². The van der Waals surface area contributed by atoms with Gasteiger partial charge in [-0.05, 0) is 48.2 Å². The van der Waals surface area contributed by atoms with Gasteiger partial charge in [-0.15, -0.1) is 0 Å². The summed E-state index contributed by atoms with van der Waals surface area (Å²) in [5.74, 6) is 0.119. The molecule has 2 aliphatic rings. The monoisotopic (exact) mass is 442 g/mol. The number of halogens is 1. The minimum absolute atomic E-state index is 0.119. The second-order valence-electron chi connectivity index (χ2n) is 7.84. The molecular formula is C23H27BrN2O2. The lowest BCUT2D eigenvalue weighted by Gasteiger charge is -2.28. The predicted octanol–water partition coefficient (Wildman–Crippen LogP) is 4.73. The number of benzene rings is 2. The van der Waals surface area contributed by atoms with Gasteiger partial charge in [-0.3, -0.25) is 9.69 Å². The highest BCUT2D eigenvalue weighted by atomic mass is 79.9. The average molecular weight is 443 g/mol. The van der Waals surface area contributed by atoms with Crippen molar-refractivity contribution in [2.45, 2.75) is 37.6 Å². The van der Waals surface area contributed by atoms with E-state index in [0.29, 0.717) is 0 Å². The van der Waals surface area contributed by atoms with Crippen LogP contribution in [0.25, 0.3) is 0 Å². The molecule has 28 heavy (non-hydrogen) atoms. The molecule has 1 saturated heterocycles. The number of ether oxygens (including phenoxy) is 1. The minimum Gasteiger partial charge on any atom is -0.379 e. The zero-order valence-corrected chi connectivity index (χ0v) is 17.7. The molecule has 0 bridgehead atoms.